The second kappa shape index (κ2) is 16.0. The summed E-state index contributed by atoms with van der Waals surface area (Å²) in [5.74, 6) is 4.66. The molecular formula is C56H44N6O2. The summed E-state index contributed by atoms with van der Waals surface area (Å²) in [6.45, 7) is 8.38. The summed E-state index contributed by atoms with van der Waals surface area (Å²) >= 11 is 0. The number of para-hydroxylation sites is 2. The maximum absolute atomic E-state index is 6.62. The van der Waals surface area contributed by atoms with E-state index in [4.69, 9.17) is 29.4 Å². The third-order valence-electron chi connectivity index (χ3n) is 11.9. The van der Waals surface area contributed by atoms with Crippen LogP contribution in [-0.4, -0.2) is 29.1 Å². The summed E-state index contributed by atoms with van der Waals surface area (Å²) in [6, 6.07) is 54.0. The molecule has 0 aliphatic heterocycles. The number of aromatic nitrogens is 6. The van der Waals surface area contributed by atoms with Gasteiger partial charge in [-0.2, -0.15) is 0 Å². The predicted octanol–water partition coefficient (Wildman–Crippen LogP) is 14.3. The second-order valence-electron chi connectivity index (χ2n) is 16.4. The van der Waals surface area contributed by atoms with Crippen molar-refractivity contribution < 1.29 is 9.47 Å². The molecule has 0 saturated carbocycles. The van der Waals surface area contributed by atoms with Gasteiger partial charge in [-0.15, -0.1) is 0 Å². The average molecular weight is 833 g/mol. The van der Waals surface area contributed by atoms with E-state index in [2.05, 4.69) is 133 Å². The van der Waals surface area contributed by atoms with Gasteiger partial charge in [-0.3, -0.25) is 9.13 Å². The predicted molar refractivity (Wildman–Crippen MR) is 258 cm³/mol. The quantitative estimate of drug-likeness (QED) is 0.137. The Balaban J connectivity index is 0.903. The Bertz CT molecular complexity index is 3590. The van der Waals surface area contributed by atoms with Crippen LogP contribution in [0.15, 0.2) is 170 Å². The largest absolute Gasteiger partial charge is 0.457 e. The molecule has 11 aromatic rings. The molecule has 0 unspecified atom stereocenters. The van der Waals surface area contributed by atoms with Crippen molar-refractivity contribution in [3.8, 4) is 57.1 Å². The van der Waals surface area contributed by atoms with Crippen molar-refractivity contribution in [2.75, 3.05) is 0 Å². The van der Waals surface area contributed by atoms with Crippen LogP contribution in [-0.2, 0) is 6.42 Å². The number of nitrogens with zero attached hydrogens (tertiary/aromatic N) is 6. The zero-order valence-corrected chi connectivity index (χ0v) is 36.1. The molecule has 64 heavy (non-hydrogen) atoms. The van der Waals surface area contributed by atoms with Gasteiger partial charge in [-0.1, -0.05) is 74.0 Å². The number of pyridine rings is 2. The van der Waals surface area contributed by atoms with Crippen molar-refractivity contribution in [2.45, 2.75) is 40.5 Å². The van der Waals surface area contributed by atoms with Gasteiger partial charge in [0.2, 0.25) is 0 Å². The van der Waals surface area contributed by atoms with E-state index in [1.807, 2.05) is 73.9 Å². The maximum Gasteiger partial charge on any atom is 0.137 e. The Labute approximate surface area is 371 Å². The average Bonchev–Trinajstić information content (AvgIpc) is 3.82. The zero-order chi connectivity index (χ0) is 43.3. The lowest BCUT2D eigenvalue weighted by molar-refractivity contribution is 0.483. The van der Waals surface area contributed by atoms with Crippen LogP contribution in [0, 0.1) is 20.8 Å². The Hall–Kier alpha value is -8.10. The molecule has 0 radical (unpaired) electrons. The first-order valence-corrected chi connectivity index (χ1v) is 21.7. The van der Waals surface area contributed by atoms with Crippen LogP contribution in [0.1, 0.15) is 35.9 Å². The van der Waals surface area contributed by atoms with Crippen LogP contribution in [0.5, 0.6) is 23.0 Å². The number of benzene rings is 6. The van der Waals surface area contributed by atoms with E-state index in [9.17, 15) is 0 Å². The van der Waals surface area contributed by atoms with Gasteiger partial charge >= 0.3 is 0 Å². The van der Waals surface area contributed by atoms with Crippen LogP contribution in [0.3, 0.4) is 0 Å². The molecule has 0 aliphatic rings. The topological polar surface area (TPSA) is 79.9 Å². The Kier molecular flexibility index (Phi) is 9.69. The summed E-state index contributed by atoms with van der Waals surface area (Å²) in [5.41, 5.74) is 11.9. The molecule has 11 rings (SSSR count). The number of hydrogen-bond acceptors (Lipinski definition) is 6. The van der Waals surface area contributed by atoms with Crippen molar-refractivity contribution >= 4 is 43.6 Å². The van der Waals surface area contributed by atoms with Crippen LogP contribution < -0.4 is 9.47 Å². The smallest absolute Gasteiger partial charge is 0.137 e. The van der Waals surface area contributed by atoms with Gasteiger partial charge < -0.3 is 9.47 Å². The minimum atomic E-state index is 0.717. The Morgan fingerprint density at radius 1 is 0.438 bits per heavy atom. The molecule has 0 atom stereocenters. The minimum Gasteiger partial charge on any atom is -0.457 e. The lowest BCUT2D eigenvalue weighted by Gasteiger charge is -2.15. The molecular weight excluding hydrogens is 789 g/mol. The number of fused-ring (bicyclic) bond motifs is 6. The third-order valence-corrected chi connectivity index (χ3v) is 11.9. The summed E-state index contributed by atoms with van der Waals surface area (Å²) in [4.78, 5) is 20.0. The van der Waals surface area contributed by atoms with E-state index in [0.717, 1.165) is 120 Å². The summed E-state index contributed by atoms with van der Waals surface area (Å²) < 4.78 is 17.6. The molecule has 6 aromatic carbocycles. The fourth-order valence-electron chi connectivity index (χ4n) is 8.96. The fourth-order valence-corrected chi connectivity index (χ4v) is 8.96. The highest BCUT2D eigenvalue weighted by atomic mass is 16.5. The normalized spacial score (nSPS) is 11.6. The molecule has 0 amide bonds. The SMILES string of the molecule is CCCc1nc(-c2cccc(Oc3ccc4c5ccccc5n(-c5cc(C)ccn5)c4c3)c2)c(C)nc1-c1cccc(Oc2ccc3c4ccccc4n(-c4cc(C)ccn4)c3c2)c1. The van der Waals surface area contributed by atoms with Crippen LogP contribution >= 0.6 is 0 Å². The second-order valence-corrected chi connectivity index (χ2v) is 16.4. The Morgan fingerprint density at radius 2 is 0.922 bits per heavy atom. The number of rotatable bonds is 10. The number of aryl methyl sites for hydroxylation is 4. The molecule has 0 saturated heterocycles. The van der Waals surface area contributed by atoms with E-state index >= 15 is 0 Å². The molecule has 5 heterocycles. The standard InChI is InChI=1S/C56H44N6O2/c1-5-12-48-56(39-14-11-16-41(32-39)64-43-22-24-47-45-18-7-9-20-50(45)62(52(47)34-43)54-30-36(3)26-28-58-54)59-37(4)55(60-48)38-13-10-15-40(31-38)63-42-21-23-46-44-17-6-8-19-49(44)61(51(46)33-42)53-29-35(2)25-27-57-53/h6-11,13-34H,5,12H2,1-4H3. The molecule has 5 aromatic heterocycles. The number of ether oxygens (including phenoxy) is 2. The van der Waals surface area contributed by atoms with Gasteiger partial charge in [0.05, 0.1) is 44.8 Å². The molecule has 310 valence electrons. The lowest BCUT2D eigenvalue weighted by Crippen LogP contribution is -2.03. The molecule has 0 bridgehead atoms. The van der Waals surface area contributed by atoms with E-state index in [0.29, 0.717) is 5.75 Å². The number of hydrogen-bond donors (Lipinski definition) is 0. The highest BCUT2D eigenvalue weighted by Gasteiger charge is 2.19. The van der Waals surface area contributed by atoms with E-state index in [1.165, 1.54) is 10.8 Å². The lowest BCUT2D eigenvalue weighted by atomic mass is 10.0. The summed E-state index contributed by atoms with van der Waals surface area (Å²) in [5, 5.41) is 4.63. The molecule has 0 spiro atoms. The van der Waals surface area contributed by atoms with Crippen molar-refractivity contribution in [1.82, 2.24) is 29.1 Å². The first-order valence-electron chi connectivity index (χ1n) is 21.7. The maximum atomic E-state index is 6.62. The van der Waals surface area contributed by atoms with E-state index in [-0.39, 0.29) is 0 Å². The van der Waals surface area contributed by atoms with Crippen molar-refractivity contribution in [2.24, 2.45) is 0 Å². The van der Waals surface area contributed by atoms with Gasteiger partial charge in [0.25, 0.3) is 0 Å². The van der Waals surface area contributed by atoms with Crippen molar-refractivity contribution in [1.29, 1.82) is 0 Å². The van der Waals surface area contributed by atoms with E-state index in [1.54, 1.807) is 0 Å². The summed E-state index contributed by atoms with van der Waals surface area (Å²) in [7, 11) is 0. The van der Waals surface area contributed by atoms with Gasteiger partial charge in [0.15, 0.2) is 0 Å². The van der Waals surface area contributed by atoms with Crippen LogP contribution in [0.2, 0.25) is 0 Å². The van der Waals surface area contributed by atoms with Gasteiger partial charge in [-0.25, -0.2) is 19.9 Å². The minimum absolute atomic E-state index is 0.717. The fraction of sp³-hybridized carbons (Fsp3) is 0.107. The molecule has 8 heteroatoms. The first kappa shape index (κ1) is 38.8. The van der Waals surface area contributed by atoms with Crippen LogP contribution in [0.4, 0.5) is 0 Å². The van der Waals surface area contributed by atoms with E-state index < -0.39 is 0 Å². The Morgan fingerprint density at radius 3 is 1.44 bits per heavy atom. The monoisotopic (exact) mass is 832 g/mol. The zero-order valence-electron chi connectivity index (χ0n) is 36.1. The van der Waals surface area contributed by atoms with Gasteiger partial charge in [0, 0.05) is 57.2 Å². The highest BCUT2D eigenvalue weighted by Crippen LogP contribution is 2.38. The molecule has 0 fully saturated rings. The molecule has 0 N–H and O–H groups in total. The van der Waals surface area contributed by atoms with Gasteiger partial charge in [0.1, 0.15) is 34.6 Å². The van der Waals surface area contributed by atoms with Crippen molar-refractivity contribution in [3.05, 3.63) is 193 Å². The summed E-state index contributed by atoms with van der Waals surface area (Å²) in [6.07, 6.45) is 5.42. The van der Waals surface area contributed by atoms with Gasteiger partial charge in [-0.05, 0) is 123 Å². The molecule has 0 aliphatic carbocycles. The van der Waals surface area contributed by atoms with Crippen LogP contribution in [0.25, 0.3) is 77.8 Å². The molecule has 8 nitrogen and oxygen atoms in total. The highest BCUT2D eigenvalue weighted by molar-refractivity contribution is 6.10. The van der Waals surface area contributed by atoms with Crippen molar-refractivity contribution in [3.63, 3.8) is 0 Å². The third kappa shape index (κ3) is 6.99. The first-order chi connectivity index (χ1) is 31.4.